The maximum absolute atomic E-state index is 12.1. The average molecular weight is 277 g/mol. The lowest BCUT2D eigenvalue weighted by Crippen LogP contribution is -2.77. The van der Waals surface area contributed by atoms with Crippen LogP contribution in [0.4, 0.5) is 4.79 Å². The quantitative estimate of drug-likeness (QED) is 0.900. The van der Waals surface area contributed by atoms with Gasteiger partial charge in [0, 0.05) is 6.42 Å². The fourth-order valence-electron chi connectivity index (χ4n) is 2.81. The summed E-state index contributed by atoms with van der Waals surface area (Å²) in [4.78, 5) is 24.8. The molecule has 1 N–H and O–H groups in total. The van der Waals surface area contributed by atoms with Gasteiger partial charge in [-0.25, -0.2) is 9.59 Å². The molecule has 2 atom stereocenters. The van der Waals surface area contributed by atoms with Crippen LogP contribution in [0.2, 0.25) is 0 Å². The molecule has 0 saturated carbocycles. The van der Waals surface area contributed by atoms with Crippen molar-refractivity contribution in [3.05, 3.63) is 35.9 Å². The Bertz CT molecular complexity index is 528. The molecule has 1 aromatic rings. The van der Waals surface area contributed by atoms with E-state index in [1.165, 1.54) is 4.90 Å². The molecule has 0 radical (unpaired) electrons. The summed E-state index contributed by atoms with van der Waals surface area (Å²) in [5, 5.41) is 9.31. The van der Waals surface area contributed by atoms with Gasteiger partial charge in [-0.1, -0.05) is 30.3 Å². The Morgan fingerprint density at radius 1 is 1.40 bits per heavy atom. The van der Waals surface area contributed by atoms with Crippen molar-refractivity contribution in [1.82, 2.24) is 4.90 Å². The molecular formula is C14H15NO5. The molecule has 6 heteroatoms. The molecule has 2 heterocycles. The van der Waals surface area contributed by atoms with Gasteiger partial charge in [0.25, 0.3) is 0 Å². The van der Waals surface area contributed by atoms with E-state index in [9.17, 15) is 14.7 Å². The maximum Gasteiger partial charge on any atom is 0.411 e. The molecule has 0 spiro atoms. The van der Waals surface area contributed by atoms with Crippen LogP contribution in [-0.4, -0.2) is 46.9 Å². The fourth-order valence-corrected chi connectivity index (χ4v) is 2.81. The molecule has 2 unspecified atom stereocenters. The first kappa shape index (κ1) is 12.9. The number of carboxylic acid groups (broad SMARTS) is 1. The third kappa shape index (κ3) is 1.92. The number of ether oxygens (including phenoxy) is 2. The largest absolute Gasteiger partial charge is 0.479 e. The minimum Gasteiger partial charge on any atom is -0.479 e. The van der Waals surface area contributed by atoms with E-state index in [1.807, 2.05) is 30.3 Å². The number of nitrogens with zero attached hydrogens (tertiary/aromatic N) is 1. The van der Waals surface area contributed by atoms with Crippen molar-refractivity contribution in [1.29, 1.82) is 0 Å². The van der Waals surface area contributed by atoms with Gasteiger partial charge in [0.1, 0.15) is 6.61 Å². The van der Waals surface area contributed by atoms with Crippen LogP contribution in [0.25, 0.3) is 0 Å². The smallest absolute Gasteiger partial charge is 0.411 e. The summed E-state index contributed by atoms with van der Waals surface area (Å²) < 4.78 is 10.4. The van der Waals surface area contributed by atoms with Gasteiger partial charge in [-0.2, -0.15) is 0 Å². The van der Waals surface area contributed by atoms with E-state index >= 15 is 0 Å². The minimum atomic E-state index is -1.24. The summed E-state index contributed by atoms with van der Waals surface area (Å²) in [5.74, 6) is -1.04. The van der Waals surface area contributed by atoms with Crippen LogP contribution in [0.3, 0.4) is 0 Å². The van der Waals surface area contributed by atoms with E-state index in [1.54, 1.807) is 0 Å². The van der Waals surface area contributed by atoms with Crippen molar-refractivity contribution in [2.24, 2.45) is 0 Å². The lowest BCUT2D eigenvalue weighted by Gasteiger charge is -2.57. The van der Waals surface area contributed by atoms with Crippen molar-refractivity contribution in [3.8, 4) is 0 Å². The number of morpholine rings is 1. The molecule has 2 saturated heterocycles. The van der Waals surface area contributed by atoms with Crippen LogP contribution in [0, 0.1) is 0 Å². The molecule has 0 aromatic heterocycles. The molecule has 1 aromatic carbocycles. The monoisotopic (exact) mass is 277 g/mol. The van der Waals surface area contributed by atoms with Crippen LogP contribution in [0.15, 0.2) is 30.3 Å². The first-order valence-corrected chi connectivity index (χ1v) is 6.45. The van der Waals surface area contributed by atoms with Crippen molar-refractivity contribution >= 4 is 12.1 Å². The molecule has 0 aliphatic carbocycles. The summed E-state index contributed by atoms with van der Waals surface area (Å²) in [6, 6.07) is 9.09. The zero-order chi connectivity index (χ0) is 14.2. The number of carboxylic acids is 1. The number of hydrogen-bond acceptors (Lipinski definition) is 4. The molecule has 3 rings (SSSR count). The highest BCUT2D eigenvalue weighted by Crippen LogP contribution is 2.41. The van der Waals surface area contributed by atoms with Gasteiger partial charge in [0.2, 0.25) is 0 Å². The summed E-state index contributed by atoms with van der Waals surface area (Å²) in [5.41, 5.74) is -0.372. The second kappa shape index (κ2) is 4.79. The molecule has 2 aliphatic heterocycles. The number of carbonyl (C=O) groups excluding carboxylic acids is 1. The van der Waals surface area contributed by atoms with E-state index in [4.69, 9.17) is 9.47 Å². The third-order valence-corrected chi connectivity index (χ3v) is 3.85. The second-order valence-electron chi connectivity index (χ2n) is 5.12. The first-order chi connectivity index (χ1) is 9.63. The number of rotatable bonds is 3. The van der Waals surface area contributed by atoms with Gasteiger partial charge in [-0.15, -0.1) is 0 Å². The summed E-state index contributed by atoms with van der Waals surface area (Å²) >= 11 is 0. The van der Waals surface area contributed by atoms with Gasteiger partial charge in [-0.3, -0.25) is 4.90 Å². The minimum absolute atomic E-state index is 0.0271. The van der Waals surface area contributed by atoms with E-state index in [2.05, 4.69) is 0 Å². The average Bonchev–Trinajstić information content (AvgIpc) is 2.46. The van der Waals surface area contributed by atoms with E-state index in [0.29, 0.717) is 13.0 Å². The topological polar surface area (TPSA) is 76.1 Å². The number of amides is 1. The van der Waals surface area contributed by atoms with Crippen molar-refractivity contribution in [2.75, 3.05) is 13.2 Å². The van der Waals surface area contributed by atoms with Crippen LogP contribution >= 0.6 is 0 Å². The number of benzene rings is 1. The van der Waals surface area contributed by atoms with E-state index < -0.39 is 17.6 Å². The zero-order valence-electron chi connectivity index (χ0n) is 10.8. The number of carbonyl (C=O) groups is 2. The highest BCUT2D eigenvalue weighted by atomic mass is 16.6. The van der Waals surface area contributed by atoms with Gasteiger partial charge in [-0.05, 0) is 5.56 Å². The lowest BCUT2D eigenvalue weighted by molar-refractivity contribution is -0.200. The molecule has 20 heavy (non-hydrogen) atoms. The second-order valence-corrected chi connectivity index (χ2v) is 5.12. The van der Waals surface area contributed by atoms with Gasteiger partial charge in [0.15, 0.2) is 5.54 Å². The Morgan fingerprint density at radius 2 is 2.15 bits per heavy atom. The summed E-state index contributed by atoms with van der Waals surface area (Å²) in [7, 11) is 0. The number of aliphatic carboxylic acids is 1. The highest BCUT2D eigenvalue weighted by Gasteiger charge is 2.63. The molecule has 2 aliphatic rings. The van der Waals surface area contributed by atoms with Gasteiger partial charge in [0.05, 0.1) is 19.3 Å². The van der Waals surface area contributed by atoms with E-state index in [-0.39, 0.29) is 19.3 Å². The normalized spacial score (nSPS) is 27.6. The van der Waals surface area contributed by atoms with Crippen LogP contribution in [-0.2, 0) is 20.9 Å². The van der Waals surface area contributed by atoms with Crippen molar-refractivity contribution in [3.63, 3.8) is 0 Å². The van der Waals surface area contributed by atoms with Crippen LogP contribution < -0.4 is 0 Å². The van der Waals surface area contributed by atoms with Gasteiger partial charge < -0.3 is 14.6 Å². The Kier molecular flexibility index (Phi) is 3.10. The van der Waals surface area contributed by atoms with Crippen molar-refractivity contribution < 1.29 is 24.2 Å². The Labute approximate surface area is 115 Å². The lowest BCUT2D eigenvalue weighted by atomic mass is 9.77. The van der Waals surface area contributed by atoms with Crippen LogP contribution in [0.5, 0.6) is 0 Å². The molecule has 1 amide bonds. The maximum atomic E-state index is 12.1. The predicted octanol–water partition coefficient (Wildman–Crippen LogP) is 1.25. The van der Waals surface area contributed by atoms with Crippen LogP contribution in [0.1, 0.15) is 12.0 Å². The Balaban J connectivity index is 1.67. The first-order valence-electron chi connectivity index (χ1n) is 6.45. The SMILES string of the molecule is O=C(OCc1ccccc1)N1C2COCC1(C(=O)O)C2. The third-order valence-electron chi connectivity index (χ3n) is 3.85. The molecule has 6 nitrogen and oxygen atoms in total. The summed E-state index contributed by atoms with van der Waals surface area (Å²) in [6.45, 7) is 0.536. The Hall–Kier alpha value is -2.08. The van der Waals surface area contributed by atoms with Gasteiger partial charge >= 0.3 is 12.1 Å². The number of fused-ring (bicyclic) bond motifs is 2. The zero-order valence-corrected chi connectivity index (χ0v) is 10.8. The standard InChI is InChI=1S/C14H15NO5/c16-12(17)14-6-11(8-19-9-14)15(14)13(18)20-7-10-4-2-1-3-5-10/h1-5,11H,6-9H2,(H,16,17). The van der Waals surface area contributed by atoms with E-state index in [0.717, 1.165) is 5.56 Å². The predicted molar refractivity (Wildman–Crippen MR) is 68.1 cm³/mol. The molecule has 2 fully saturated rings. The summed E-state index contributed by atoms with van der Waals surface area (Å²) in [6.07, 6.45) is -0.154. The Morgan fingerprint density at radius 3 is 2.80 bits per heavy atom. The molecule has 2 bridgehead atoms. The van der Waals surface area contributed by atoms with Crippen molar-refractivity contribution in [2.45, 2.75) is 24.6 Å². The molecule has 106 valence electrons. The molecular weight excluding hydrogens is 262 g/mol. The number of hydrogen-bond donors (Lipinski definition) is 1. The highest BCUT2D eigenvalue weighted by molar-refractivity contribution is 5.87. The fraction of sp³-hybridized carbons (Fsp3) is 0.429.